The lowest BCUT2D eigenvalue weighted by Crippen LogP contribution is -2.51. The van der Waals surface area contributed by atoms with Crippen molar-refractivity contribution in [2.24, 2.45) is 0 Å². The second kappa shape index (κ2) is 7.28. The molecule has 0 bridgehead atoms. The van der Waals surface area contributed by atoms with E-state index in [-0.39, 0.29) is 11.7 Å². The van der Waals surface area contributed by atoms with Gasteiger partial charge >= 0.3 is 0 Å². The van der Waals surface area contributed by atoms with Gasteiger partial charge in [0.25, 0.3) is 0 Å². The summed E-state index contributed by atoms with van der Waals surface area (Å²) < 4.78 is 12.8. The number of thiocarbonyl (C=S) groups is 1. The molecule has 1 amide bonds. The third-order valence-electron chi connectivity index (χ3n) is 3.32. The molecule has 1 aromatic carbocycles. The van der Waals surface area contributed by atoms with Crippen LogP contribution in [-0.2, 0) is 4.79 Å². The number of carbonyl (C=O) groups is 1. The average molecular weight is 307 g/mol. The molecule has 0 aliphatic carbocycles. The zero-order valence-corrected chi connectivity index (χ0v) is 12.7. The van der Waals surface area contributed by atoms with Gasteiger partial charge in [-0.05, 0) is 43.0 Å². The number of nitrogens with one attached hydrogen (secondary N) is 1. The third-order valence-corrected chi connectivity index (χ3v) is 3.68. The lowest BCUT2D eigenvalue weighted by atomic mass is 10.2. The van der Waals surface area contributed by atoms with Gasteiger partial charge in [-0.1, -0.05) is 12.1 Å². The molecule has 1 aliphatic heterocycles. The van der Waals surface area contributed by atoms with Gasteiger partial charge < -0.3 is 9.80 Å². The number of amides is 1. The van der Waals surface area contributed by atoms with Crippen LogP contribution in [0.2, 0.25) is 0 Å². The summed E-state index contributed by atoms with van der Waals surface area (Å²) in [6, 6.07) is 5.93. The van der Waals surface area contributed by atoms with Crippen molar-refractivity contribution in [3.8, 4) is 0 Å². The number of hydrogen-bond donors (Lipinski definition) is 1. The Morgan fingerprint density at radius 2 is 1.86 bits per heavy atom. The minimum absolute atomic E-state index is 0.275. The minimum atomic E-state index is -0.298. The van der Waals surface area contributed by atoms with E-state index in [4.69, 9.17) is 12.2 Å². The summed E-state index contributed by atoms with van der Waals surface area (Å²) in [5, 5.41) is 3.14. The van der Waals surface area contributed by atoms with Gasteiger partial charge in [0.2, 0.25) is 5.91 Å². The van der Waals surface area contributed by atoms with Gasteiger partial charge in [-0.15, -0.1) is 0 Å². The first-order chi connectivity index (χ1) is 10.0. The van der Waals surface area contributed by atoms with E-state index in [0.717, 1.165) is 31.7 Å². The Kier molecular flexibility index (Phi) is 5.41. The number of rotatable bonds is 2. The number of piperazine rings is 1. The van der Waals surface area contributed by atoms with Crippen molar-refractivity contribution < 1.29 is 9.18 Å². The Morgan fingerprint density at radius 1 is 1.24 bits per heavy atom. The normalized spacial score (nSPS) is 16.2. The topological polar surface area (TPSA) is 35.6 Å². The van der Waals surface area contributed by atoms with E-state index in [2.05, 4.69) is 17.3 Å². The van der Waals surface area contributed by atoms with Gasteiger partial charge in [0.15, 0.2) is 5.11 Å². The maximum Gasteiger partial charge on any atom is 0.250 e. The van der Waals surface area contributed by atoms with Gasteiger partial charge in [0.05, 0.1) is 0 Å². The largest absolute Gasteiger partial charge is 0.346 e. The van der Waals surface area contributed by atoms with Crippen LogP contribution in [0.15, 0.2) is 30.3 Å². The predicted molar refractivity (Wildman–Crippen MR) is 85.2 cm³/mol. The fraction of sp³-hybridized carbons (Fsp3) is 0.333. The predicted octanol–water partition coefficient (Wildman–Crippen LogP) is 1.49. The molecule has 1 aliphatic rings. The average Bonchev–Trinajstić information content (AvgIpc) is 2.47. The van der Waals surface area contributed by atoms with Crippen molar-refractivity contribution in [1.29, 1.82) is 0 Å². The highest BCUT2D eigenvalue weighted by Crippen LogP contribution is 2.04. The Morgan fingerprint density at radius 3 is 2.48 bits per heavy atom. The summed E-state index contributed by atoms with van der Waals surface area (Å²) in [7, 11) is 2.06. The van der Waals surface area contributed by atoms with Gasteiger partial charge in [0, 0.05) is 32.3 Å². The first-order valence-electron chi connectivity index (χ1n) is 6.77. The fourth-order valence-corrected chi connectivity index (χ4v) is 2.26. The standard InChI is InChI=1S/C15H18FN3OS/c1-18-8-10-19(11-9-18)15(21)17-14(20)7-4-12-2-5-13(16)6-3-12/h2-7H,8-11H2,1H3,(H,17,20,21)/b7-4+. The van der Waals surface area contributed by atoms with Crippen molar-refractivity contribution in [3.63, 3.8) is 0 Å². The van der Waals surface area contributed by atoms with Gasteiger partial charge in [-0.25, -0.2) is 4.39 Å². The molecule has 0 spiro atoms. The molecule has 0 aromatic heterocycles. The lowest BCUT2D eigenvalue weighted by molar-refractivity contribution is -0.115. The maximum atomic E-state index is 12.8. The number of halogens is 1. The van der Waals surface area contributed by atoms with E-state index in [1.54, 1.807) is 18.2 Å². The molecule has 6 heteroatoms. The van der Waals surface area contributed by atoms with Gasteiger partial charge in [-0.3, -0.25) is 10.1 Å². The van der Waals surface area contributed by atoms with E-state index in [1.165, 1.54) is 18.2 Å². The van der Waals surface area contributed by atoms with E-state index in [0.29, 0.717) is 5.11 Å². The third kappa shape index (κ3) is 4.91. The van der Waals surface area contributed by atoms with E-state index in [1.807, 2.05) is 4.90 Å². The number of likely N-dealkylation sites (N-methyl/N-ethyl adjacent to an activating group) is 1. The number of benzene rings is 1. The Balaban J connectivity index is 1.83. The molecule has 21 heavy (non-hydrogen) atoms. The minimum Gasteiger partial charge on any atom is -0.346 e. The van der Waals surface area contributed by atoms with Crippen LogP contribution in [-0.4, -0.2) is 54.0 Å². The molecule has 112 valence electrons. The van der Waals surface area contributed by atoms with Crippen LogP contribution < -0.4 is 5.32 Å². The van der Waals surface area contributed by atoms with Crippen LogP contribution in [0.4, 0.5) is 4.39 Å². The summed E-state index contributed by atoms with van der Waals surface area (Å²) in [4.78, 5) is 16.0. The molecule has 4 nitrogen and oxygen atoms in total. The van der Waals surface area contributed by atoms with Crippen LogP contribution in [0.25, 0.3) is 6.08 Å². The molecule has 1 aromatic rings. The highest BCUT2D eigenvalue weighted by Gasteiger charge is 2.16. The Bertz CT molecular complexity index is 536. The smallest absolute Gasteiger partial charge is 0.250 e. The van der Waals surface area contributed by atoms with Crippen LogP contribution in [0.5, 0.6) is 0 Å². The van der Waals surface area contributed by atoms with Gasteiger partial charge in [0.1, 0.15) is 5.82 Å². The van der Waals surface area contributed by atoms with E-state index in [9.17, 15) is 9.18 Å². The quantitative estimate of drug-likeness (QED) is 0.663. The first-order valence-corrected chi connectivity index (χ1v) is 7.17. The molecule has 1 N–H and O–H groups in total. The summed E-state index contributed by atoms with van der Waals surface area (Å²) in [6.07, 6.45) is 3.02. The second-order valence-electron chi connectivity index (χ2n) is 4.97. The summed E-state index contributed by atoms with van der Waals surface area (Å²) in [6.45, 7) is 3.50. The molecule has 1 fully saturated rings. The van der Waals surface area contributed by atoms with Crippen LogP contribution in [0, 0.1) is 5.82 Å². The molecular weight excluding hydrogens is 289 g/mol. The van der Waals surface area contributed by atoms with Crippen LogP contribution in [0.1, 0.15) is 5.56 Å². The molecule has 1 saturated heterocycles. The molecule has 0 radical (unpaired) electrons. The molecular formula is C15H18FN3OS. The molecule has 0 atom stereocenters. The summed E-state index contributed by atoms with van der Waals surface area (Å²) in [5.74, 6) is -0.573. The first kappa shape index (κ1) is 15.6. The van der Waals surface area contributed by atoms with Crippen molar-refractivity contribution in [3.05, 3.63) is 41.7 Å². The van der Waals surface area contributed by atoms with Crippen LogP contribution >= 0.6 is 12.2 Å². The number of hydrogen-bond acceptors (Lipinski definition) is 3. The fourth-order valence-electron chi connectivity index (χ4n) is 1.98. The van der Waals surface area contributed by atoms with Gasteiger partial charge in [-0.2, -0.15) is 0 Å². The lowest BCUT2D eigenvalue weighted by Gasteiger charge is -2.33. The molecule has 1 heterocycles. The van der Waals surface area contributed by atoms with Crippen LogP contribution in [0.3, 0.4) is 0 Å². The SMILES string of the molecule is CN1CCN(C(=S)NC(=O)/C=C/c2ccc(F)cc2)CC1. The zero-order valence-electron chi connectivity index (χ0n) is 11.9. The summed E-state index contributed by atoms with van der Waals surface area (Å²) in [5.41, 5.74) is 0.761. The Labute approximate surface area is 129 Å². The van der Waals surface area contributed by atoms with Crippen molar-refractivity contribution in [2.45, 2.75) is 0 Å². The van der Waals surface area contributed by atoms with E-state index >= 15 is 0 Å². The highest BCUT2D eigenvalue weighted by atomic mass is 32.1. The molecule has 0 saturated carbocycles. The Hall–Kier alpha value is -1.79. The molecule has 0 unspecified atom stereocenters. The number of carbonyl (C=O) groups excluding carboxylic acids is 1. The zero-order chi connectivity index (χ0) is 15.2. The second-order valence-corrected chi connectivity index (χ2v) is 5.36. The molecule has 2 rings (SSSR count). The summed E-state index contributed by atoms with van der Waals surface area (Å²) >= 11 is 5.23. The van der Waals surface area contributed by atoms with E-state index < -0.39 is 0 Å². The van der Waals surface area contributed by atoms with Crippen molar-refractivity contribution >= 4 is 29.3 Å². The number of nitrogens with zero attached hydrogens (tertiary/aromatic N) is 2. The monoisotopic (exact) mass is 307 g/mol. The van der Waals surface area contributed by atoms with Crippen molar-refractivity contribution in [2.75, 3.05) is 33.2 Å². The highest BCUT2D eigenvalue weighted by molar-refractivity contribution is 7.80. The maximum absolute atomic E-state index is 12.8. The van der Waals surface area contributed by atoms with Crippen molar-refractivity contribution in [1.82, 2.24) is 15.1 Å².